The highest BCUT2D eigenvalue weighted by Gasteiger charge is 2.23. The Morgan fingerprint density at radius 3 is 2.72 bits per heavy atom. The van der Waals surface area contributed by atoms with Crippen molar-refractivity contribution in [3.63, 3.8) is 0 Å². The summed E-state index contributed by atoms with van der Waals surface area (Å²) in [5, 5.41) is 13.5. The molecule has 0 unspecified atom stereocenters. The zero-order valence-electron chi connectivity index (χ0n) is 9.80. The number of nitrogens with one attached hydrogen (secondary N) is 1. The van der Waals surface area contributed by atoms with Gasteiger partial charge < -0.3 is 10.1 Å². The van der Waals surface area contributed by atoms with Gasteiger partial charge in [0.05, 0.1) is 4.92 Å². The fourth-order valence-corrected chi connectivity index (χ4v) is 1.85. The van der Waals surface area contributed by atoms with Crippen LogP contribution in [0.2, 0.25) is 0 Å². The molecular formula is C12H14N2O4. The van der Waals surface area contributed by atoms with Crippen LogP contribution in [0.5, 0.6) is 0 Å². The number of esters is 1. The number of rotatable bonds is 4. The van der Waals surface area contributed by atoms with Crippen molar-refractivity contribution in [2.45, 2.75) is 25.5 Å². The molecule has 2 rings (SSSR count). The van der Waals surface area contributed by atoms with Crippen LogP contribution in [0, 0.1) is 10.1 Å². The molecule has 1 aliphatic heterocycles. The molecule has 18 heavy (non-hydrogen) atoms. The topological polar surface area (TPSA) is 81.5 Å². The van der Waals surface area contributed by atoms with E-state index in [2.05, 4.69) is 5.32 Å². The second kappa shape index (κ2) is 5.59. The van der Waals surface area contributed by atoms with E-state index in [-0.39, 0.29) is 24.3 Å². The number of benzene rings is 1. The molecule has 1 aliphatic rings. The zero-order valence-corrected chi connectivity index (χ0v) is 9.80. The number of carbonyl (C=O) groups excluding carboxylic acids is 1. The van der Waals surface area contributed by atoms with Crippen LogP contribution in [0.25, 0.3) is 0 Å². The summed E-state index contributed by atoms with van der Waals surface area (Å²) >= 11 is 0. The molecule has 1 N–H and O–H groups in total. The van der Waals surface area contributed by atoms with E-state index in [1.54, 1.807) is 12.1 Å². The van der Waals surface area contributed by atoms with E-state index in [0.29, 0.717) is 0 Å². The van der Waals surface area contributed by atoms with Crippen LogP contribution in [0.15, 0.2) is 24.3 Å². The van der Waals surface area contributed by atoms with Crippen LogP contribution < -0.4 is 5.32 Å². The van der Waals surface area contributed by atoms with E-state index >= 15 is 0 Å². The number of carbonyl (C=O) groups is 1. The first kappa shape index (κ1) is 12.5. The number of nitrogens with zero attached hydrogens (tertiary/aromatic N) is 1. The van der Waals surface area contributed by atoms with Gasteiger partial charge in [0.2, 0.25) is 0 Å². The monoisotopic (exact) mass is 250 g/mol. The number of nitro groups is 1. The normalized spacial score (nSPS) is 18.6. The van der Waals surface area contributed by atoms with Crippen molar-refractivity contribution in [2.24, 2.45) is 0 Å². The maximum Gasteiger partial charge on any atom is 0.323 e. The lowest BCUT2D eigenvalue weighted by molar-refractivity contribution is -0.384. The van der Waals surface area contributed by atoms with E-state index in [1.165, 1.54) is 12.1 Å². The maximum absolute atomic E-state index is 11.6. The summed E-state index contributed by atoms with van der Waals surface area (Å²) in [5.41, 5.74) is 0.773. The fourth-order valence-electron chi connectivity index (χ4n) is 1.85. The molecule has 1 atom stereocenters. The van der Waals surface area contributed by atoms with Crippen LogP contribution in [-0.2, 0) is 16.1 Å². The molecule has 1 aromatic carbocycles. The third-order valence-corrected chi connectivity index (χ3v) is 2.87. The summed E-state index contributed by atoms with van der Waals surface area (Å²) in [5.74, 6) is -0.258. The lowest BCUT2D eigenvalue weighted by Gasteiger charge is -2.10. The van der Waals surface area contributed by atoms with Crippen molar-refractivity contribution in [1.82, 2.24) is 5.32 Å². The van der Waals surface area contributed by atoms with E-state index in [0.717, 1.165) is 24.9 Å². The fraction of sp³-hybridized carbons (Fsp3) is 0.417. The first-order chi connectivity index (χ1) is 8.66. The minimum Gasteiger partial charge on any atom is -0.460 e. The molecule has 0 spiro atoms. The highest BCUT2D eigenvalue weighted by atomic mass is 16.6. The van der Waals surface area contributed by atoms with Crippen molar-refractivity contribution in [1.29, 1.82) is 0 Å². The lowest BCUT2D eigenvalue weighted by Crippen LogP contribution is -2.32. The van der Waals surface area contributed by atoms with Gasteiger partial charge in [-0.3, -0.25) is 14.9 Å². The van der Waals surface area contributed by atoms with Gasteiger partial charge in [-0.15, -0.1) is 0 Å². The summed E-state index contributed by atoms with van der Waals surface area (Å²) < 4.78 is 5.14. The predicted octanol–water partition coefficient (Wildman–Crippen LogP) is 1.39. The molecule has 0 bridgehead atoms. The highest BCUT2D eigenvalue weighted by Crippen LogP contribution is 2.13. The first-order valence-electron chi connectivity index (χ1n) is 5.80. The number of non-ortho nitro benzene ring substituents is 1. The Morgan fingerprint density at radius 1 is 1.44 bits per heavy atom. The number of hydrogen-bond donors (Lipinski definition) is 1. The second-order valence-corrected chi connectivity index (χ2v) is 4.18. The number of ether oxygens (including phenoxy) is 1. The average Bonchev–Trinajstić information content (AvgIpc) is 2.90. The van der Waals surface area contributed by atoms with E-state index in [4.69, 9.17) is 4.74 Å². The van der Waals surface area contributed by atoms with Gasteiger partial charge in [0, 0.05) is 12.1 Å². The van der Waals surface area contributed by atoms with Gasteiger partial charge in [-0.1, -0.05) is 0 Å². The first-order valence-corrected chi connectivity index (χ1v) is 5.80. The van der Waals surface area contributed by atoms with Crippen molar-refractivity contribution < 1.29 is 14.5 Å². The largest absolute Gasteiger partial charge is 0.460 e. The molecule has 0 radical (unpaired) electrons. The van der Waals surface area contributed by atoms with E-state index < -0.39 is 4.92 Å². The Bertz CT molecular complexity index is 438. The minimum absolute atomic E-state index is 0.0301. The average molecular weight is 250 g/mol. The maximum atomic E-state index is 11.6. The molecule has 6 nitrogen and oxygen atoms in total. The smallest absolute Gasteiger partial charge is 0.323 e. The lowest BCUT2D eigenvalue weighted by atomic mass is 10.2. The van der Waals surface area contributed by atoms with Crippen molar-refractivity contribution in [3.05, 3.63) is 39.9 Å². The third-order valence-electron chi connectivity index (χ3n) is 2.87. The molecule has 1 fully saturated rings. The molecule has 1 aromatic rings. The summed E-state index contributed by atoms with van der Waals surface area (Å²) in [6.45, 7) is 0.992. The van der Waals surface area contributed by atoms with Crippen LogP contribution in [0.3, 0.4) is 0 Å². The van der Waals surface area contributed by atoms with Crippen molar-refractivity contribution in [3.8, 4) is 0 Å². The van der Waals surface area contributed by atoms with Crippen LogP contribution >= 0.6 is 0 Å². The van der Waals surface area contributed by atoms with Gasteiger partial charge in [0.1, 0.15) is 12.6 Å². The van der Waals surface area contributed by atoms with E-state index in [9.17, 15) is 14.9 Å². The summed E-state index contributed by atoms with van der Waals surface area (Å²) in [7, 11) is 0. The Labute approximate surface area is 104 Å². The van der Waals surface area contributed by atoms with Crippen molar-refractivity contribution in [2.75, 3.05) is 6.54 Å². The van der Waals surface area contributed by atoms with Crippen LogP contribution in [0.1, 0.15) is 18.4 Å². The SMILES string of the molecule is O=C(OCc1ccc([N+](=O)[O-])cc1)[C@@H]1CCCN1. The Balaban J connectivity index is 1.86. The molecular weight excluding hydrogens is 236 g/mol. The number of nitro benzene ring substituents is 1. The Morgan fingerprint density at radius 2 is 2.17 bits per heavy atom. The Kier molecular flexibility index (Phi) is 3.88. The van der Waals surface area contributed by atoms with Crippen LogP contribution in [0.4, 0.5) is 5.69 Å². The van der Waals surface area contributed by atoms with Gasteiger partial charge in [0.15, 0.2) is 0 Å². The van der Waals surface area contributed by atoms with Gasteiger partial charge in [-0.05, 0) is 37.1 Å². The standard InChI is InChI=1S/C12H14N2O4/c15-12(11-2-1-7-13-11)18-8-9-3-5-10(6-4-9)14(16)17/h3-6,11,13H,1-2,7-8H2/t11-/m0/s1. The summed E-state index contributed by atoms with van der Waals surface area (Å²) in [6.07, 6.45) is 1.79. The molecule has 1 heterocycles. The number of hydrogen-bond acceptors (Lipinski definition) is 5. The molecule has 1 saturated heterocycles. The minimum atomic E-state index is -0.460. The molecule has 96 valence electrons. The summed E-state index contributed by atoms with van der Waals surface area (Å²) in [6, 6.07) is 5.78. The Hall–Kier alpha value is -1.95. The van der Waals surface area contributed by atoms with Gasteiger partial charge >= 0.3 is 5.97 Å². The molecule has 6 heteroatoms. The zero-order chi connectivity index (χ0) is 13.0. The second-order valence-electron chi connectivity index (χ2n) is 4.18. The predicted molar refractivity (Wildman–Crippen MR) is 63.9 cm³/mol. The van der Waals surface area contributed by atoms with Gasteiger partial charge in [-0.2, -0.15) is 0 Å². The van der Waals surface area contributed by atoms with Gasteiger partial charge in [-0.25, -0.2) is 0 Å². The quantitative estimate of drug-likeness (QED) is 0.496. The van der Waals surface area contributed by atoms with Crippen LogP contribution in [-0.4, -0.2) is 23.5 Å². The van der Waals surface area contributed by atoms with E-state index in [1.807, 2.05) is 0 Å². The summed E-state index contributed by atoms with van der Waals surface area (Å²) in [4.78, 5) is 21.6. The molecule has 0 aliphatic carbocycles. The highest BCUT2D eigenvalue weighted by molar-refractivity contribution is 5.76. The molecule has 0 saturated carbocycles. The van der Waals surface area contributed by atoms with Gasteiger partial charge in [0.25, 0.3) is 5.69 Å². The third kappa shape index (κ3) is 3.04. The molecule has 0 aromatic heterocycles. The molecule has 0 amide bonds. The van der Waals surface area contributed by atoms with Crippen molar-refractivity contribution >= 4 is 11.7 Å².